The second-order valence-electron chi connectivity index (χ2n) is 4.68. The Morgan fingerprint density at radius 3 is 3.05 bits per heavy atom. The standard InChI is InChI=1S/C16H13FN2O3/c17-12-2-1-3-13(7-12)21-9-16(20)18-8-11-4-5-14-15(6-11)22-10-19-14/h1-7,10H,8-9H2,(H,18,20). The zero-order valence-corrected chi connectivity index (χ0v) is 11.6. The van der Waals surface area contributed by atoms with Crippen molar-refractivity contribution in [3.8, 4) is 5.75 Å². The molecule has 5 nitrogen and oxygen atoms in total. The summed E-state index contributed by atoms with van der Waals surface area (Å²) in [6.07, 6.45) is 1.37. The number of carbonyl (C=O) groups excluding carboxylic acids is 1. The summed E-state index contributed by atoms with van der Waals surface area (Å²) in [7, 11) is 0. The van der Waals surface area contributed by atoms with E-state index in [-0.39, 0.29) is 12.5 Å². The van der Waals surface area contributed by atoms with E-state index < -0.39 is 5.82 Å². The summed E-state index contributed by atoms with van der Waals surface area (Å²) in [5.41, 5.74) is 2.33. The lowest BCUT2D eigenvalue weighted by Crippen LogP contribution is -2.28. The molecular weight excluding hydrogens is 287 g/mol. The molecule has 0 atom stereocenters. The average Bonchev–Trinajstić information content (AvgIpc) is 2.98. The molecule has 1 heterocycles. The maximum atomic E-state index is 13.0. The number of ether oxygens (including phenoxy) is 1. The number of carbonyl (C=O) groups is 1. The average molecular weight is 300 g/mol. The van der Waals surface area contributed by atoms with E-state index in [0.717, 1.165) is 11.1 Å². The number of hydrogen-bond donors (Lipinski definition) is 1. The Morgan fingerprint density at radius 2 is 2.18 bits per heavy atom. The van der Waals surface area contributed by atoms with Crippen LogP contribution in [0.25, 0.3) is 11.1 Å². The minimum atomic E-state index is -0.404. The van der Waals surface area contributed by atoms with E-state index in [1.165, 1.54) is 24.6 Å². The van der Waals surface area contributed by atoms with Gasteiger partial charge in [-0.1, -0.05) is 12.1 Å². The Morgan fingerprint density at radius 1 is 1.27 bits per heavy atom. The molecule has 1 amide bonds. The first-order chi connectivity index (χ1) is 10.7. The first-order valence-electron chi connectivity index (χ1n) is 6.68. The van der Waals surface area contributed by atoms with E-state index in [0.29, 0.717) is 17.9 Å². The van der Waals surface area contributed by atoms with Gasteiger partial charge in [-0.25, -0.2) is 9.37 Å². The van der Waals surface area contributed by atoms with Gasteiger partial charge in [0.05, 0.1) is 0 Å². The van der Waals surface area contributed by atoms with Gasteiger partial charge in [0.15, 0.2) is 18.6 Å². The first kappa shape index (κ1) is 14.1. The van der Waals surface area contributed by atoms with Crippen molar-refractivity contribution in [1.29, 1.82) is 0 Å². The quantitative estimate of drug-likeness (QED) is 0.787. The molecule has 0 radical (unpaired) electrons. The number of nitrogens with zero attached hydrogens (tertiary/aromatic N) is 1. The molecule has 2 aromatic carbocycles. The summed E-state index contributed by atoms with van der Waals surface area (Å²) in [5.74, 6) is -0.376. The molecule has 0 unspecified atom stereocenters. The van der Waals surface area contributed by atoms with Crippen LogP contribution in [-0.4, -0.2) is 17.5 Å². The number of halogens is 1. The van der Waals surface area contributed by atoms with E-state index in [4.69, 9.17) is 9.15 Å². The predicted octanol–water partition coefficient (Wildman–Crippen LogP) is 2.66. The van der Waals surface area contributed by atoms with Gasteiger partial charge in [-0.2, -0.15) is 0 Å². The number of amides is 1. The minimum absolute atomic E-state index is 0.173. The monoisotopic (exact) mass is 300 g/mol. The normalized spacial score (nSPS) is 10.6. The van der Waals surface area contributed by atoms with Crippen LogP contribution in [0.5, 0.6) is 5.75 Å². The summed E-state index contributed by atoms with van der Waals surface area (Å²) in [6, 6.07) is 11.2. The molecule has 3 aromatic rings. The zero-order chi connectivity index (χ0) is 15.4. The van der Waals surface area contributed by atoms with E-state index in [2.05, 4.69) is 10.3 Å². The van der Waals surface area contributed by atoms with Crippen LogP contribution >= 0.6 is 0 Å². The Labute approximate surface area is 125 Å². The van der Waals surface area contributed by atoms with Crippen LogP contribution in [-0.2, 0) is 11.3 Å². The van der Waals surface area contributed by atoms with Crippen molar-refractivity contribution in [2.45, 2.75) is 6.54 Å². The molecule has 22 heavy (non-hydrogen) atoms. The van der Waals surface area contributed by atoms with Crippen LogP contribution in [0.4, 0.5) is 4.39 Å². The molecular formula is C16H13FN2O3. The number of nitrogens with one attached hydrogen (secondary N) is 1. The molecule has 0 aliphatic heterocycles. The highest BCUT2D eigenvalue weighted by Crippen LogP contribution is 2.14. The van der Waals surface area contributed by atoms with Crippen LogP contribution in [0.3, 0.4) is 0 Å². The number of fused-ring (bicyclic) bond motifs is 1. The van der Waals surface area contributed by atoms with Crippen LogP contribution < -0.4 is 10.1 Å². The highest BCUT2D eigenvalue weighted by Gasteiger charge is 2.05. The fourth-order valence-electron chi connectivity index (χ4n) is 1.97. The second-order valence-corrected chi connectivity index (χ2v) is 4.68. The number of benzene rings is 2. The maximum absolute atomic E-state index is 13.0. The van der Waals surface area contributed by atoms with Crippen molar-refractivity contribution in [1.82, 2.24) is 10.3 Å². The predicted molar refractivity (Wildman–Crippen MR) is 77.8 cm³/mol. The lowest BCUT2D eigenvalue weighted by Gasteiger charge is -2.07. The Kier molecular flexibility index (Phi) is 4.00. The first-order valence-corrected chi connectivity index (χ1v) is 6.68. The molecule has 1 N–H and O–H groups in total. The van der Waals surface area contributed by atoms with E-state index in [9.17, 15) is 9.18 Å². The van der Waals surface area contributed by atoms with Crippen molar-refractivity contribution in [2.75, 3.05) is 6.61 Å². The van der Waals surface area contributed by atoms with Crippen LogP contribution in [0, 0.1) is 5.82 Å². The summed E-state index contributed by atoms with van der Waals surface area (Å²) >= 11 is 0. The van der Waals surface area contributed by atoms with E-state index in [1.54, 1.807) is 6.07 Å². The zero-order valence-electron chi connectivity index (χ0n) is 11.6. The molecule has 0 fully saturated rings. The van der Waals surface area contributed by atoms with Gasteiger partial charge in [-0.05, 0) is 29.8 Å². The third-order valence-corrected chi connectivity index (χ3v) is 3.05. The van der Waals surface area contributed by atoms with E-state index >= 15 is 0 Å². The number of rotatable bonds is 5. The van der Waals surface area contributed by atoms with Crippen LogP contribution in [0.2, 0.25) is 0 Å². The van der Waals surface area contributed by atoms with Gasteiger partial charge in [-0.3, -0.25) is 4.79 Å². The minimum Gasteiger partial charge on any atom is -0.484 e. The fourth-order valence-corrected chi connectivity index (χ4v) is 1.97. The summed E-state index contributed by atoms with van der Waals surface area (Å²) in [5, 5.41) is 2.72. The third kappa shape index (κ3) is 3.41. The smallest absolute Gasteiger partial charge is 0.258 e. The molecule has 6 heteroatoms. The van der Waals surface area contributed by atoms with Gasteiger partial charge in [0.2, 0.25) is 0 Å². The lowest BCUT2D eigenvalue weighted by atomic mass is 10.2. The second kappa shape index (κ2) is 6.26. The topological polar surface area (TPSA) is 64.4 Å². The Bertz CT molecular complexity index is 801. The lowest BCUT2D eigenvalue weighted by molar-refractivity contribution is -0.123. The molecule has 0 aliphatic rings. The highest BCUT2D eigenvalue weighted by molar-refractivity contribution is 5.78. The fraction of sp³-hybridized carbons (Fsp3) is 0.125. The highest BCUT2D eigenvalue weighted by atomic mass is 19.1. The molecule has 0 aliphatic carbocycles. The van der Waals surface area contributed by atoms with Gasteiger partial charge < -0.3 is 14.5 Å². The van der Waals surface area contributed by atoms with Crippen molar-refractivity contribution in [3.05, 3.63) is 60.2 Å². The van der Waals surface area contributed by atoms with Gasteiger partial charge in [0.25, 0.3) is 5.91 Å². The SMILES string of the molecule is O=C(COc1cccc(F)c1)NCc1ccc2ncoc2c1. The summed E-state index contributed by atoms with van der Waals surface area (Å²) in [6.45, 7) is 0.177. The molecule has 112 valence electrons. The van der Waals surface area contributed by atoms with Crippen LogP contribution in [0.15, 0.2) is 53.3 Å². The number of oxazole rings is 1. The number of aromatic nitrogens is 1. The molecule has 0 saturated carbocycles. The summed E-state index contributed by atoms with van der Waals surface area (Å²) < 4.78 is 23.4. The molecule has 0 saturated heterocycles. The molecule has 1 aromatic heterocycles. The van der Waals surface area contributed by atoms with Gasteiger partial charge in [-0.15, -0.1) is 0 Å². The molecule has 0 bridgehead atoms. The van der Waals surface area contributed by atoms with Crippen molar-refractivity contribution in [2.24, 2.45) is 0 Å². The maximum Gasteiger partial charge on any atom is 0.258 e. The molecule has 3 rings (SSSR count). The van der Waals surface area contributed by atoms with E-state index in [1.807, 2.05) is 18.2 Å². The Hall–Kier alpha value is -2.89. The van der Waals surface area contributed by atoms with Gasteiger partial charge in [0, 0.05) is 12.6 Å². The van der Waals surface area contributed by atoms with Crippen molar-refractivity contribution in [3.63, 3.8) is 0 Å². The Balaban J connectivity index is 1.51. The summed E-state index contributed by atoms with van der Waals surface area (Å²) in [4.78, 5) is 15.7. The number of hydrogen-bond acceptors (Lipinski definition) is 4. The van der Waals surface area contributed by atoms with Crippen LogP contribution in [0.1, 0.15) is 5.56 Å². The van der Waals surface area contributed by atoms with Crippen molar-refractivity contribution >= 4 is 17.0 Å². The third-order valence-electron chi connectivity index (χ3n) is 3.05. The van der Waals surface area contributed by atoms with Gasteiger partial charge in [0.1, 0.15) is 17.1 Å². The largest absolute Gasteiger partial charge is 0.484 e. The molecule has 0 spiro atoms. The van der Waals surface area contributed by atoms with Gasteiger partial charge >= 0.3 is 0 Å². The van der Waals surface area contributed by atoms with Crippen molar-refractivity contribution < 1.29 is 18.3 Å².